The van der Waals surface area contributed by atoms with Gasteiger partial charge in [-0.1, -0.05) is 59.9 Å². The molecule has 0 N–H and O–H groups in total. The van der Waals surface area contributed by atoms with Gasteiger partial charge in [0.2, 0.25) is 11.4 Å². The Kier molecular flexibility index (Phi) is 7.15. The highest BCUT2D eigenvalue weighted by Gasteiger charge is 2.26. The molecule has 0 radical (unpaired) electrons. The molecule has 2 heterocycles. The number of allylic oxidation sites excluding steroid dienone is 2. The first kappa shape index (κ1) is 25.2. The van der Waals surface area contributed by atoms with Gasteiger partial charge in [0.25, 0.3) is 5.01 Å². The second-order valence-electron chi connectivity index (χ2n) is 8.94. The summed E-state index contributed by atoms with van der Waals surface area (Å²) in [7, 11) is -4.25. The summed E-state index contributed by atoms with van der Waals surface area (Å²) in [4.78, 5) is 2.16. The van der Waals surface area contributed by atoms with Gasteiger partial charge in [-0.15, -0.1) is 0 Å². The van der Waals surface area contributed by atoms with Crippen LogP contribution in [-0.4, -0.2) is 25.3 Å². The zero-order chi connectivity index (χ0) is 26.0. The highest BCUT2D eigenvalue weighted by atomic mass is 32.2. The molecule has 6 nitrogen and oxygen atoms in total. The molecule has 4 aromatic rings. The van der Waals surface area contributed by atoms with E-state index >= 15 is 0 Å². The molecule has 5 rings (SSSR count). The summed E-state index contributed by atoms with van der Waals surface area (Å²) in [5.74, 6) is 1.22. The van der Waals surface area contributed by atoms with Gasteiger partial charge in [0.15, 0.2) is 12.3 Å². The topological polar surface area (TPSA) is 73.6 Å². The lowest BCUT2D eigenvalue weighted by Gasteiger charge is -2.16. The lowest BCUT2D eigenvalue weighted by molar-refractivity contribution is -0.668. The minimum atomic E-state index is -4.25. The maximum absolute atomic E-state index is 11.1. The molecule has 0 unspecified atom stereocenters. The van der Waals surface area contributed by atoms with E-state index in [1.807, 2.05) is 61.5 Å². The lowest BCUT2D eigenvalue weighted by atomic mass is 10.0. The van der Waals surface area contributed by atoms with E-state index in [1.165, 1.54) is 0 Å². The van der Waals surface area contributed by atoms with Crippen molar-refractivity contribution in [2.75, 3.05) is 17.2 Å². The number of hydrogen-bond acceptors (Lipinski definition) is 6. The number of nitrogens with zero attached hydrogens (tertiary/aromatic N) is 2. The summed E-state index contributed by atoms with van der Waals surface area (Å²) in [6, 6.07) is 24.6. The Labute approximate surface area is 221 Å². The molecule has 0 saturated heterocycles. The Morgan fingerprint density at radius 2 is 1.81 bits per heavy atom. The molecule has 0 aliphatic carbocycles. The number of aromatic nitrogens is 1. The van der Waals surface area contributed by atoms with E-state index in [1.54, 1.807) is 11.3 Å². The number of anilines is 1. The molecule has 8 heteroatoms. The second kappa shape index (κ2) is 10.5. The van der Waals surface area contributed by atoms with Gasteiger partial charge in [0.1, 0.15) is 4.70 Å². The fourth-order valence-electron chi connectivity index (χ4n) is 4.57. The van der Waals surface area contributed by atoms with Crippen LogP contribution in [0.1, 0.15) is 25.3 Å². The van der Waals surface area contributed by atoms with Crippen LogP contribution in [0.25, 0.3) is 27.4 Å². The second-order valence-corrected chi connectivity index (χ2v) is 11.5. The Morgan fingerprint density at radius 1 is 1.05 bits per heavy atom. The molecule has 0 fully saturated rings. The summed E-state index contributed by atoms with van der Waals surface area (Å²) in [5.41, 5.74) is 5.37. The van der Waals surface area contributed by atoms with E-state index in [-0.39, 0.29) is 12.2 Å². The Hall–Kier alpha value is -3.46. The summed E-state index contributed by atoms with van der Waals surface area (Å²) in [5, 5.41) is 0.990. The van der Waals surface area contributed by atoms with Gasteiger partial charge >= 0.3 is 0 Å². The third-order valence-electron chi connectivity index (χ3n) is 6.27. The number of hydrogen-bond donors (Lipinski definition) is 0. The van der Waals surface area contributed by atoms with Crippen molar-refractivity contribution in [1.82, 2.24) is 0 Å². The monoisotopic (exact) mass is 532 g/mol. The van der Waals surface area contributed by atoms with E-state index in [9.17, 15) is 13.0 Å². The Balaban J connectivity index is 1.45. The molecule has 0 saturated carbocycles. The number of fused-ring (bicyclic) bond motifs is 2. The molecule has 1 aromatic heterocycles. The average Bonchev–Trinajstić information content (AvgIpc) is 3.40. The predicted octanol–water partition coefficient (Wildman–Crippen LogP) is 5.95. The summed E-state index contributed by atoms with van der Waals surface area (Å²) in [6.07, 6.45) is 4.38. The molecule has 190 valence electrons. The van der Waals surface area contributed by atoms with Crippen molar-refractivity contribution in [3.05, 3.63) is 95.3 Å². The van der Waals surface area contributed by atoms with Gasteiger partial charge in [-0.2, -0.15) is 4.57 Å². The first-order valence-electron chi connectivity index (χ1n) is 12.2. The van der Waals surface area contributed by atoms with E-state index in [0.717, 1.165) is 55.8 Å². The predicted molar refractivity (Wildman–Crippen MR) is 148 cm³/mol. The van der Waals surface area contributed by atoms with Crippen molar-refractivity contribution in [3.8, 4) is 16.9 Å². The third kappa shape index (κ3) is 5.61. The Morgan fingerprint density at radius 3 is 2.57 bits per heavy atom. The van der Waals surface area contributed by atoms with Crippen LogP contribution < -0.4 is 14.2 Å². The quantitative estimate of drug-likeness (QED) is 0.207. The summed E-state index contributed by atoms with van der Waals surface area (Å²) < 4.78 is 42.8. The van der Waals surface area contributed by atoms with Crippen molar-refractivity contribution in [2.24, 2.45) is 0 Å². The molecule has 0 bridgehead atoms. The van der Waals surface area contributed by atoms with Crippen molar-refractivity contribution >= 4 is 43.4 Å². The normalized spacial score (nSPS) is 14.8. The van der Waals surface area contributed by atoms with Crippen LogP contribution in [0.3, 0.4) is 0 Å². The number of thiazole rings is 1. The number of aryl methyl sites for hydroxylation is 1. The summed E-state index contributed by atoms with van der Waals surface area (Å²) in [6.45, 7) is 5.34. The fourth-order valence-corrected chi connectivity index (χ4v) is 6.25. The molecule has 1 aliphatic heterocycles. The standard InChI is InChI=1S/C29H28N2O4S2/c1-3-30-25-20-23(22-10-5-4-6-11-22)14-15-26(25)35-28(30)18-21(2)19-29-31(16-9-17-37(32,33)34)24-12-7-8-13-27(24)36-29/h4-8,10-15,18-20H,3,9,16-17H2,1-2H3. The van der Waals surface area contributed by atoms with Crippen molar-refractivity contribution < 1.29 is 22.3 Å². The number of ether oxygens (including phenoxy) is 1. The fraction of sp³-hybridized carbons (Fsp3) is 0.207. The van der Waals surface area contributed by atoms with Gasteiger partial charge in [0, 0.05) is 36.9 Å². The molecule has 0 spiro atoms. The highest BCUT2D eigenvalue weighted by molar-refractivity contribution is 7.85. The third-order valence-corrected chi connectivity index (χ3v) is 8.17. The number of benzene rings is 3. The van der Waals surface area contributed by atoms with Crippen molar-refractivity contribution in [1.29, 1.82) is 0 Å². The molecule has 0 amide bonds. The highest BCUT2D eigenvalue weighted by Crippen LogP contribution is 2.41. The van der Waals surface area contributed by atoms with Gasteiger partial charge in [-0.25, -0.2) is 8.42 Å². The van der Waals surface area contributed by atoms with Crippen LogP contribution in [0.4, 0.5) is 5.69 Å². The molecule has 37 heavy (non-hydrogen) atoms. The van der Waals surface area contributed by atoms with Crippen LogP contribution in [0.2, 0.25) is 0 Å². The first-order chi connectivity index (χ1) is 17.8. The smallest absolute Gasteiger partial charge is 0.263 e. The zero-order valence-electron chi connectivity index (χ0n) is 20.8. The average molecular weight is 533 g/mol. The number of para-hydroxylation sites is 1. The van der Waals surface area contributed by atoms with Crippen molar-refractivity contribution in [2.45, 2.75) is 26.8 Å². The summed E-state index contributed by atoms with van der Waals surface area (Å²) >= 11 is 1.64. The van der Waals surface area contributed by atoms with E-state index in [2.05, 4.69) is 46.7 Å². The van der Waals surface area contributed by atoms with E-state index in [0.29, 0.717) is 6.54 Å². The number of rotatable bonds is 8. The Bertz CT molecular complexity index is 1610. The van der Waals surface area contributed by atoms with E-state index in [4.69, 9.17) is 4.74 Å². The van der Waals surface area contributed by atoms with Crippen LogP contribution in [0, 0.1) is 0 Å². The van der Waals surface area contributed by atoms with Crippen molar-refractivity contribution in [3.63, 3.8) is 0 Å². The molecule has 0 atom stereocenters. The van der Waals surface area contributed by atoms with Crippen LogP contribution in [0.5, 0.6) is 5.75 Å². The largest absolute Gasteiger partial charge is 0.748 e. The van der Waals surface area contributed by atoms with Gasteiger partial charge < -0.3 is 14.2 Å². The minimum Gasteiger partial charge on any atom is -0.748 e. The molecular formula is C29H28N2O4S2. The van der Waals surface area contributed by atoms with E-state index < -0.39 is 10.1 Å². The van der Waals surface area contributed by atoms with Crippen LogP contribution in [-0.2, 0) is 16.7 Å². The molecule has 3 aromatic carbocycles. The van der Waals surface area contributed by atoms with Gasteiger partial charge in [-0.3, -0.25) is 0 Å². The molecule has 1 aliphatic rings. The zero-order valence-corrected chi connectivity index (χ0v) is 22.4. The SMILES string of the molecule is CCN1/C(=C/C(C)=C/c2sc3ccccc3[n+]2CCCS(=O)(=O)[O-])Oc2ccc(-c3ccccc3)cc21. The first-order valence-corrected chi connectivity index (χ1v) is 14.6. The molecular weight excluding hydrogens is 504 g/mol. The maximum atomic E-state index is 11.1. The minimum absolute atomic E-state index is 0.268. The maximum Gasteiger partial charge on any atom is 0.263 e. The lowest BCUT2D eigenvalue weighted by Crippen LogP contribution is -2.36. The van der Waals surface area contributed by atoms with Crippen LogP contribution in [0.15, 0.2) is 90.3 Å². The van der Waals surface area contributed by atoms with Gasteiger partial charge in [-0.05, 0) is 48.7 Å². The van der Waals surface area contributed by atoms with Crippen LogP contribution >= 0.6 is 11.3 Å². The van der Waals surface area contributed by atoms with Gasteiger partial charge in [0.05, 0.1) is 15.8 Å².